The quantitative estimate of drug-likeness (QED) is 0.623. The number of rotatable bonds is 1. The van der Waals surface area contributed by atoms with Crippen LogP contribution in [-0.2, 0) is 0 Å². The van der Waals surface area contributed by atoms with Crippen LogP contribution in [-0.4, -0.2) is 31.1 Å². The molecule has 0 aromatic carbocycles. The Labute approximate surface area is 70.8 Å². The molecule has 1 aliphatic rings. The first-order valence-corrected chi connectivity index (χ1v) is 4.52. The normalized spacial score (nSPS) is 25.1. The molecule has 1 atom stereocenters. The van der Waals surface area contributed by atoms with Gasteiger partial charge in [0.15, 0.2) is 0 Å². The van der Waals surface area contributed by atoms with E-state index in [2.05, 4.69) is 31.4 Å². The lowest BCUT2D eigenvalue weighted by atomic mass is 10.2. The Bertz CT molecular complexity index is 91.6. The number of hydrogen-bond acceptors (Lipinski definition) is 2. The van der Waals surface area contributed by atoms with Gasteiger partial charge < -0.3 is 10.6 Å². The molecule has 0 amide bonds. The third-order valence-electron chi connectivity index (χ3n) is 2.19. The van der Waals surface area contributed by atoms with Crippen LogP contribution in [0.25, 0.3) is 0 Å². The summed E-state index contributed by atoms with van der Waals surface area (Å²) < 4.78 is 0. The van der Waals surface area contributed by atoms with Crippen LogP contribution in [0.1, 0.15) is 27.2 Å². The summed E-state index contributed by atoms with van der Waals surface area (Å²) in [6.07, 6.45) is 1.40. The average Bonchev–Trinajstić information content (AvgIpc) is 2.40. The lowest BCUT2D eigenvalue weighted by molar-refractivity contribution is 0.267. The van der Waals surface area contributed by atoms with Crippen molar-refractivity contribution >= 4 is 0 Å². The Hall–Kier alpha value is -0.0800. The number of hydrogen-bond donors (Lipinski definition) is 1. The van der Waals surface area contributed by atoms with Crippen molar-refractivity contribution in [1.29, 1.82) is 0 Å². The van der Waals surface area contributed by atoms with Crippen molar-refractivity contribution in [3.05, 3.63) is 0 Å². The average molecular weight is 158 g/mol. The molecule has 0 radical (unpaired) electrons. The van der Waals surface area contributed by atoms with Crippen molar-refractivity contribution in [1.82, 2.24) is 4.90 Å². The molecule has 2 heteroatoms. The van der Waals surface area contributed by atoms with E-state index in [1.807, 2.05) is 0 Å². The standard InChI is InChI=1S/C8H17N.CH5N/c1-7(2)9-5-4-8(3)6-9;1-2/h7-8H,4-6H2,1-3H3;2H2,1H3. The summed E-state index contributed by atoms with van der Waals surface area (Å²) in [4.78, 5) is 2.55. The van der Waals surface area contributed by atoms with Crippen molar-refractivity contribution in [2.24, 2.45) is 11.7 Å². The largest absolute Gasteiger partial charge is 0.333 e. The molecule has 1 saturated heterocycles. The molecule has 1 heterocycles. The number of nitrogens with zero attached hydrogens (tertiary/aromatic N) is 1. The van der Waals surface area contributed by atoms with Gasteiger partial charge in [-0.1, -0.05) is 6.92 Å². The second-order valence-corrected chi connectivity index (χ2v) is 3.48. The van der Waals surface area contributed by atoms with Crippen molar-refractivity contribution in [3.8, 4) is 0 Å². The van der Waals surface area contributed by atoms with Crippen molar-refractivity contribution in [3.63, 3.8) is 0 Å². The molecule has 0 aromatic rings. The second-order valence-electron chi connectivity index (χ2n) is 3.48. The first-order chi connectivity index (χ1) is 5.20. The van der Waals surface area contributed by atoms with E-state index in [4.69, 9.17) is 0 Å². The zero-order valence-electron chi connectivity index (χ0n) is 8.30. The van der Waals surface area contributed by atoms with Gasteiger partial charge in [-0.25, -0.2) is 0 Å². The van der Waals surface area contributed by atoms with Crippen molar-refractivity contribution in [2.75, 3.05) is 20.1 Å². The minimum Gasteiger partial charge on any atom is -0.333 e. The monoisotopic (exact) mass is 158 g/mol. The van der Waals surface area contributed by atoms with Gasteiger partial charge >= 0.3 is 0 Å². The van der Waals surface area contributed by atoms with Gasteiger partial charge in [0.2, 0.25) is 0 Å². The molecule has 1 aliphatic heterocycles. The molecule has 2 nitrogen and oxygen atoms in total. The summed E-state index contributed by atoms with van der Waals surface area (Å²) in [5.74, 6) is 0.937. The third-order valence-corrected chi connectivity index (χ3v) is 2.19. The van der Waals surface area contributed by atoms with Gasteiger partial charge in [0, 0.05) is 12.6 Å². The molecule has 11 heavy (non-hydrogen) atoms. The van der Waals surface area contributed by atoms with Gasteiger partial charge in [0.1, 0.15) is 0 Å². The first kappa shape index (κ1) is 10.9. The van der Waals surface area contributed by atoms with Gasteiger partial charge in [-0.3, -0.25) is 0 Å². The highest BCUT2D eigenvalue weighted by Gasteiger charge is 2.19. The molecule has 0 bridgehead atoms. The van der Waals surface area contributed by atoms with Crippen LogP contribution in [0.5, 0.6) is 0 Å². The lowest BCUT2D eigenvalue weighted by Gasteiger charge is -2.19. The highest BCUT2D eigenvalue weighted by atomic mass is 15.2. The molecular weight excluding hydrogens is 136 g/mol. The first-order valence-electron chi connectivity index (χ1n) is 4.52. The van der Waals surface area contributed by atoms with Gasteiger partial charge in [-0.15, -0.1) is 0 Å². The van der Waals surface area contributed by atoms with Crippen LogP contribution in [0.15, 0.2) is 0 Å². The highest BCUT2D eigenvalue weighted by molar-refractivity contribution is 4.74. The summed E-state index contributed by atoms with van der Waals surface area (Å²) >= 11 is 0. The van der Waals surface area contributed by atoms with Crippen LogP contribution in [0.4, 0.5) is 0 Å². The maximum Gasteiger partial charge on any atom is 0.00387 e. The maximum absolute atomic E-state index is 4.50. The highest BCUT2D eigenvalue weighted by Crippen LogP contribution is 2.16. The zero-order valence-corrected chi connectivity index (χ0v) is 8.30. The van der Waals surface area contributed by atoms with Crippen LogP contribution in [0.3, 0.4) is 0 Å². The Morgan fingerprint density at radius 1 is 1.36 bits per heavy atom. The predicted molar refractivity (Wildman–Crippen MR) is 50.6 cm³/mol. The Morgan fingerprint density at radius 2 is 1.91 bits per heavy atom. The van der Waals surface area contributed by atoms with Gasteiger partial charge in [-0.2, -0.15) is 0 Å². The lowest BCUT2D eigenvalue weighted by Crippen LogP contribution is -2.27. The number of likely N-dealkylation sites (tertiary alicyclic amines) is 1. The van der Waals surface area contributed by atoms with E-state index in [0.29, 0.717) is 0 Å². The van der Waals surface area contributed by atoms with E-state index in [1.54, 1.807) is 0 Å². The fraction of sp³-hybridized carbons (Fsp3) is 1.00. The smallest absolute Gasteiger partial charge is 0.00387 e. The maximum atomic E-state index is 4.50. The fourth-order valence-electron chi connectivity index (χ4n) is 1.44. The molecule has 1 unspecified atom stereocenters. The summed E-state index contributed by atoms with van der Waals surface area (Å²) in [6, 6.07) is 0.759. The molecule has 68 valence electrons. The summed E-state index contributed by atoms with van der Waals surface area (Å²) in [7, 11) is 1.50. The summed E-state index contributed by atoms with van der Waals surface area (Å²) in [5.41, 5.74) is 4.50. The van der Waals surface area contributed by atoms with Gasteiger partial charge in [0.05, 0.1) is 0 Å². The van der Waals surface area contributed by atoms with E-state index >= 15 is 0 Å². The fourth-order valence-corrected chi connectivity index (χ4v) is 1.44. The van der Waals surface area contributed by atoms with E-state index in [1.165, 1.54) is 26.6 Å². The molecule has 0 saturated carbocycles. The molecule has 0 spiro atoms. The molecule has 1 rings (SSSR count). The van der Waals surface area contributed by atoms with Gasteiger partial charge in [-0.05, 0) is 39.8 Å². The van der Waals surface area contributed by atoms with E-state index in [9.17, 15) is 0 Å². The third kappa shape index (κ3) is 3.73. The Morgan fingerprint density at radius 3 is 2.09 bits per heavy atom. The predicted octanol–water partition coefficient (Wildman–Crippen LogP) is 1.31. The number of nitrogens with two attached hydrogens (primary N) is 1. The van der Waals surface area contributed by atoms with Crippen molar-refractivity contribution in [2.45, 2.75) is 33.2 Å². The Balaban J connectivity index is 0.000000461. The zero-order chi connectivity index (χ0) is 8.85. The molecule has 1 fully saturated rings. The molecule has 0 aliphatic carbocycles. The van der Waals surface area contributed by atoms with E-state index in [0.717, 1.165) is 12.0 Å². The van der Waals surface area contributed by atoms with Crippen LogP contribution in [0.2, 0.25) is 0 Å². The molecule has 2 N–H and O–H groups in total. The summed E-state index contributed by atoms with van der Waals surface area (Å²) in [6.45, 7) is 9.52. The van der Waals surface area contributed by atoms with Crippen molar-refractivity contribution < 1.29 is 0 Å². The van der Waals surface area contributed by atoms with E-state index < -0.39 is 0 Å². The minimum absolute atomic E-state index is 0.759. The van der Waals surface area contributed by atoms with Crippen LogP contribution in [0, 0.1) is 5.92 Å². The molecule has 0 aromatic heterocycles. The van der Waals surface area contributed by atoms with Gasteiger partial charge in [0.25, 0.3) is 0 Å². The van der Waals surface area contributed by atoms with Crippen LogP contribution < -0.4 is 5.73 Å². The van der Waals surface area contributed by atoms with E-state index in [-0.39, 0.29) is 0 Å². The second kappa shape index (κ2) is 5.56. The minimum atomic E-state index is 0.759. The Kier molecular flexibility index (Phi) is 5.51. The molecular formula is C9H22N2. The summed E-state index contributed by atoms with van der Waals surface area (Å²) in [5, 5.41) is 0. The SMILES string of the molecule is CC1CCN(C(C)C)C1.CN. The van der Waals surface area contributed by atoms with Crippen LogP contribution >= 0.6 is 0 Å². The topological polar surface area (TPSA) is 29.3 Å².